The van der Waals surface area contributed by atoms with Crippen LogP contribution in [-0.4, -0.2) is 62.8 Å². The number of piperidine rings is 1. The van der Waals surface area contributed by atoms with Gasteiger partial charge in [0.05, 0.1) is 23.1 Å². The first-order chi connectivity index (χ1) is 18.5. The predicted molar refractivity (Wildman–Crippen MR) is 137 cm³/mol. The molecule has 11 heteroatoms. The number of benzene rings is 2. The number of fused-ring (bicyclic) bond motifs is 1. The molecule has 1 aliphatic heterocycles. The van der Waals surface area contributed by atoms with Crippen LogP contribution in [0.25, 0.3) is 16.6 Å². The first kappa shape index (κ1) is 25.4. The van der Waals surface area contributed by atoms with Crippen molar-refractivity contribution in [3.8, 4) is 11.4 Å². The number of amides is 1. The molecule has 0 N–H and O–H groups in total. The topological polar surface area (TPSA) is 91.4 Å². The van der Waals surface area contributed by atoms with Crippen LogP contribution in [0.1, 0.15) is 24.4 Å². The highest BCUT2D eigenvalue weighted by molar-refractivity contribution is 5.80. The fourth-order valence-corrected chi connectivity index (χ4v) is 4.88. The molecule has 3 heterocycles. The quantitative estimate of drug-likeness (QED) is 0.315. The highest BCUT2D eigenvalue weighted by Crippen LogP contribution is 2.26. The summed E-state index contributed by atoms with van der Waals surface area (Å²) in [6, 6.07) is 13.4. The second-order valence-corrected chi connectivity index (χ2v) is 9.26. The molecule has 1 amide bonds. The highest BCUT2D eigenvalue weighted by Gasteiger charge is 2.25. The summed E-state index contributed by atoms with van der Waals surface area (Å²) in [5, 5.41) is 4.44. The van der Waals surface area contributed by atoms with Crippen LogP contribution in [0.15, 0.2) is 70.5 Å². The van der Waals surface area contributed by atoms with Crippen molar-refractivity contribution in [1.82, 2.24) is 23.8 Å². The Morgan fingerprint density at radius 2 is 1.84 bits per heavy atom. The smallest absolute Gasteiger partial charge is 0.332 e. The van der Waals surface area contributed by atoms with E-state index in [4.69, 9.17) is 4.74 Å². The zero-order valence-corrected chi connectivity index (χ0v) is 20.6. The molecule has 198 valence electrons. The van der Waals surface area contributed by atoms with E-state index >= 15 is 0 Å². The molecule has 1 fully saturated rings. The number of carbonyl (C=O) groups is 1. The monoisotopic (exact) mass is 523 g/mol. The second-order valence-electron chi connectivity index (χ2n) is 9.26. The molecule has 0 aliphatic carbocycles. The number of rotatable bonds is 9. The Kier molecular flexibility index (Phi) is 7.34. The Morgan fingerprint density at radius 3 is 2.53 bits per heavy atom. The molecule has 2 aromatic carbocycles. The van der Waals surface area contributed by atoms with Crippen LogP contribution in [0.4, 0.5) is 8.78 Å². The largest absolute Gasteiger partial charge is 0.485 e. The lowest BCUT2D eigenvalue weighted by molar-refractivity contribution is -0.119. The van der Waals surface area contributed by atoms with Gasteiger partial charge in [-0.1, -0.05) is 12.1 Å². The molecule has 1 saturated heterocycles. The summed E-state index contributed by atoms with van der Waals surface area (Å²) in [4.78, 5) is 40.3. The van der Waals surface area contributed by atoms with Crippen molar-refractivity contribution in [1.29, 1.82) is 0 Å². The minimum absolute atomic E-state index is 0.0125. The number of carbonyl (C=O) groups excluding carboxylic acids is 1. The van der Waals surface area contributed by atoms with Gasteiger partial charge in [0.15, 0.2) is 6.10 Å². The maximum atomic E-state index is 13.8. The van der Waals surface area contributed by atoms with E-state index < -0.39 is 30.7 Å². The molecule has 1 aliphatic rings. The third-order valence-corrected chi connectivity index (χ3v) is 6.82. The highest BCUT2D eigenvalue weighted by atomic mass is 19.1. The van der Waals surface area contributed by atoms with Crippen LogP contribution in [0.5, 0.6) is 5.75 Å². The number of hydrogen-bond acceptors (Lipinski definition) is 5. The van der Waals surface area contributed by atoms with Crippen molar-refractivity contribution in [3.05, 3.63) is 87.3 Å². The number of nitrogens with zero attached hydrogens (tertiary/aromatic N) is 5. The first-order valence-corrected chi connectivity index (χ1v) is 12.4. The molecule has 9 nitrogen and oxygen atoms in total. The number of alkyl halides is 2. The van der Waals surface area contributed by atoms with Crippen LogP contribution >= 0.6 is 0 Å². The van der Waals surface area contributed by atoms with Gasteiger partial charge in [0, 0.05) is 31.5 Å². The van der Waals surface area contributed by atoms with Gasteiger partial charge < -0.3 is 9.64 Å². The van der Waals surface area contributed by atoms with E-state index in [-0.39, 0.29) is 23.7 Å². The average molecular weight is 524 g/mol. The van der Waals surface area contributed by atoms with Crippen LogP contribution in [-0.2, 0) is 11.3 Å². The molecule has 0 bridgehead atoms. The van der Waals surface area contributed by atoms with Crippen molar-refractivity contribution in [2.45, 2.75) is 31.5 Å². The Balaban J connectivity index is 1.62. The molecule has 2 aromatic heterocycles. The number of halogens is 2. The third kappa shape index (κ3) is 4.96. The molecule has 0 radical (unpaired) electrons. The molecular formula is C27H27F2N5O4. The summed E-state index contributed by atoms with van der Waals surface area (Å²) < 4.78 is 36.0. The van der Waals surface area contributed by atoms with Crippen molar-refractivity contribution in [2.24, 2.45) is 0 Å². The number of hydrogen-bond donors (Lipinski definition) is 0. The Labute approximate surface area is 216 Å². The standard InChI is InChI=1S/C27H27F2N5O4/c28-15-23(16-29)38-22-5-6-25-24(14-22)26(36)32(27(37)34(25)20-7-11-31(18-35)12-8-20)17-19-3-1-4-21(13-19)33-10-2-9-30-33/h1-6,9-10,13-14,18,20,23H,7-8,11-12,15-17H2. The van der Waals surface area contributed by atoms with Gasteiger partial charge in [0.1, 0.15) is 19.1 Å². The summed E-state index contributed by atoms with van der Waals surface area (Å²) >= 11 is 0. The number of likely N-dealkylation sites (tertiary alicyclic amines) is 1. The van der Waals surface area contributed by atoms with E-state index in [2.05, 4.69) is 5.10 Å². The van der Waals surface area contributed by atoms with Crippen LogP contribution < -0.4 is 16.0 Å². The summed E-state index contributed by atoms with van der Waals surface area (Å²) in [6.45, 7) is -1.04. The minimum atomic E-state index is -1.28. The number of ether oxygens (including phenoxy) is 1. The van der Waals surface area contributed by atoms with Crippen LogP contribution in [0, 0.1) is 0 Å². The molecule has 5 rings (SSSR count). The van der Waals surface area contributed by atoms with Gasteiger partial charge in [-0.05, 0) is 54.8 Å². The number of aromatic nitrogens is 4. The fraction of sp³-hybridized carbons (Fsp3) is 0.333. The van der Waals surface area contributed by atoms with Gasteiger partial charge in [-0.15, -0.1) is 0 Å². The van der Waals surface area contributed by atoms with E-state index in [1.807, 2.05) is 24.3 Å². The summed E-state index contributed by atoms with van der Waals surface area (Å²) in [7, 11) is 0. The SMILES string of the molecule is O=CN1CCC(n2c(=O)n(Cc3cccc(-n4cccn4)c3)c(=O)c3cc(OC(CF)CF)ccc32)CC1. The predicted octanol–water partition coefficient (Wildman–Crippen LogP) is 2.88. The van der Waals surface area contributed by atoms with E-state index in [1.54, 1.807) is 38.7 Å². The van der Waals surface area contributed by atoms with Crippen molar-refractivity contribution in [3.63, 3.8) is 0 Å². The van der Waals surface area contributed by atoms with E-state index in [0.717, 1.165) is 17.7 Å². The maximum Gasteiger partial charge on any atom is 0.332 e. The lowest BCUT2D eigenvalue weighted by Crippen LogP contribution is -2.44. The molecular weight excluding hydrogens is 496 g/mol. The van der Waals surface area contributed by atoms with Crippen molar-refractivity contribution in [2.75, 3.05) is 26.4 Å². The Hall–Kier alpha value is -4.28. The third-order valence-electron chi connectivity index (χ3n) is 6.82. The van der Waals surface area contributed by atoms with Gasteiger partial charge in [-0.2, -0.15) is 5.10 Å². The van der Waals surface area contributed by atoms with Crippen molar-refractivity contribution >= 4 is 17.3 Å². The Bertz CT molecular complexity index is 1540. The van der Waals surface area contributed by atoms with E-state index in [1.165, 1.54) is 16.7 Å². The molecule has 0 atom stereocenters. The molecule has 4 aromatic rings. The maximum absolute atomic E-state index is 13.8. The van der Waals surface area contributed by atoms with Crippen LogP contribution in [0.3, 0.4) is 0 Å². The van der Waals surface area contributed by atoms with Gasteiger partial charge >= 0.3 is 5.69 Å². The lowest BCUT2D eigenvalue weighted by Gasteiger charge is -2.31. The van der Waals surface area contributed by atoms with E-state index in [0.29, 0.717) is 31.4 Å². The average Bonchev–Trinajstić information content (AvgIpc) is 3.50. The molecule has 0 spiro atoms. The van der Waals surface area contributed by atoms with Gasteiger partial charge in [0.25, 0.3) is 5.56 Å². The molecule has 0 saturated carbocycles. The summed E-state index contributed by atoms with van der Waals surface area (Å²) in [5.74, 6) is 0.142. The van der Waals surface area contributed by atoms with Gasteiger partial charge in [-0.25, -0.2) is 18.3 Å². The second kappa shape index (κ2) is 11.0. The summed E-state index contributed by atoms with van der Waals surface area (Å²) in [6.07, 6.45) is 4.06. The fourth-order valence-electron chi connectivity index (χ4n) is 4.88. The lowest BCUT2D eigenvalue weighted by atomic mass is 10.0. The van der Waals surface area contributed by atoms with Crippen molar-refractivity contribution < 1.29 is 18.3 Å². The Morgan fingerprint density at radius 1 is 1.05 bits per heavy atom. The first-order valence-electron chi connectivity index (χ1n) is 12.4. The van der Waals surface area contributed by atoms with Gasteiger partial charge in [-0.3, -0.25) is 18.7 Å². The normalized spacial score (nSPS) is 14.3. The molecule has 0 unspecified atom stereocenters. The minimum Gasteiger partial charge on any atom is -0.485 e. The van der Waals surface area contributed by atoms with Crippen LogP contribution in [0.2, 0.25) is 0 Å². The van der Waals surface area contributed by atoms with Gasteiger partial charge in [0.2, 0.25) is 6.41 Å². The zero-order chi connectivity index (χ0) is 26.6. The summed E-state index contributed by atoms with van der Waals surface area (Å²) in [5.41, 5.74) is 0.924. The zero-order valence-electron chi connectivity index (χ0n) is 20.6. The van der Waals surface area contributed by atoms with E-state index in [9.17, 15) is 23.2 Å². The molecule has 38 heavy (non-hydrogen) atoms.